The van der Waals surface area contributed by atoms with Crippen molar-refractivity contribution in [2.75, 3.05) is 5.32 Å². The van der Waals surface area contributed by atoms with Crippen molar-refractivity contribution in [2.45, 2.75) is 26.4 Å². The van der Waals surface area contributed by atoms with E-state index in [1.165, 1.54) is 12.1 Å². The molecular weight excluding hydrogens is 373 g/mol. The van der Waals surface area contributed by atoms with Crippen molar-refractivity contribution in [1.29, 1.82) is 0 Å². The molecule has 144 valence electrons. The molecule has 0 fully saturated rings. The lowest BCUT2D eigenvalue weighted by Gasteiger charge is -2.21. The maximum absolute atomic E-state index is 13.2. The van der Waals surface area contributed by atoms with E-state index in [1.54, 1.807) is 29.5 Å². The van der Waals surface area contributed by atoms with Crippen LogP contribution in [-0.2, 0) is 4.74 Å². The summed E-state index contributed by atoms with van der Waals surface area (Å²) in [7, 11) is 0. The summed E-state index contributed by atoms with van der Waals surface area (Å²) >= 11 is 1.64. The Morgan fingerprint density at radius 2 is 1.75 bits per heavy atom. The van der Waals surface area contributed by atoms with Crippen molar-refractivity contribution in [3.05, 3.63) is 81.8 Å². The van der Waals surface area contributed by atoms with Crippen LogP contribution in [0.3, 0.4) is 0 Å². The fraction of sp³-hybridized carbons (Fsp3) is 0.174. The van der Waals surface area contributed by atoms with E-state index in [1.807, 2.05) is 56.5 Å². The van der Waals surface area contributed by atoms with E-state index in [-0.39, 0.29) is 5.82 Å². The van der Waals surface area contributed by atoms with Gasteiger partial charge in [-0.2, -0.15) is 11.3 Å². The van der Waals surface area contributed by atoms with Crippen molar-refractivity contribution in [3.8, 4) is 0 Å². The number of benzene rings is 2. The lowest BCUT2D eigenvalue weighted by molar-refractivity contribution is 0.00707. The van der Waals surface area contributed by atoms with E-state index in [0.717, 1.165) is 11.1 Å². The topological polar surface area (TPSA) is 38.3 Å². The molecule has 0 spiro atoms. The number of carbonyl (C=O) groups is 1. The maximum Gasteiger partial charge on any atom is 0.340 e. The minimum Gasteiger partial charge on any atom is -0.456 e. The van der Waals surface area contributed by atoms with Crippen molar-refractivity contribution < 1.29 is 13.9 Å². The molecule has 2 aromatic carbocycles. The van der Waals surface area contributed by atoms with Gasteiger partial charge in [-0.3, -0.25) is 0 Å². The molecule has 5 heteroatoms. The first-order valence-electron chi connectivity index (χ1n) is 8.90. The number of halogens is 1. The SMILES string of the molecule is CC(C)(C)OC(=O)c1ccc(/C=C/c2ccsc2)cc1Nc1ccc(F)cc1. The van der Waals surface area contributed by atoms with E-state index in [2.05, 4.69) is 10.7 Å². The van der Waals surface area contributed by atoms with Gasteiger partial charge < -0.3 is 10.1 Å². The monoisotopic (exact) mass is 395 g/mol. The standard InChI is InChI=1S/C23H22FNO2S/c1-23(2,3)27-22(26)20-11-6-16(4-5-17-12-13-28-15-17)14-21(20)25-19-9-7-18(24)8-10-19/h4-15,25H,1-3H3/b5-4+. The van der Waals surface area contributed by atoms with E-state index < -0.39 is 11.6 Å². The van der Waals surface area contributed by atoms with Gasteiger partial charge in [0.25, 0.3) is 0 Å². The van der Waals surface area contributed by atoms with Gasteiger partial charge in [0.2, 0.25) is 0 Å². The zero-order chi connectivity index (χ0) is 20.1. The van der Waals surface area contributed by atoms with Crippen LogP contribution in [0, 0.1) is 5.82 Å². The largest absolute Gasteiger partial charge is 0.456 e. The molecule has 0 saturated carbocycles. The maximum atomic E-state index is 13.2. The zero-order valence-corrected chi connectivity index (χ0v) is 16.8. The molecule has 0 aliphatic carbocycles. The first kappa shape index (κ1) is 19.8. The quantitative estimate of drug-likeness (QED) is 0.485. The summed E-state index contributed by atoms with van der Waals surface area (Å²) in [6.45, 7) is 5.49. The van der Waals surface area contributed by atoms with Gasteiger partial charge in [-0.15, -0.1) is 0 Å². The molecule has 0 radical (unpaired) electrons. The summed E-state index contributed by atoms with van der Waals surface area (Å²) in [5.74, 6) is -0.726. The molecular formula is C23H22FNO2S. The summed E-state index contributed by atoms with van der Waals surface area (Å²) in [6.07, 6.45) is 4.00. The van der Waals surface area contributed by atoms with Crippen molar-refractivity contribution in [1.82, 2.24) is 0 Å². The molecule has 0 bridgehead atoms. The molecule has 0 atom stereocenters. The van der Waals surface area contributed by atoms with E-state index in [0.29, 0.717) is 16.9 Å². The number of hydrogen-bond acceptors (Lipinski definition) is 4. The van der Waals surface area contributed by atoms with Gasteiger partial charge in [0.15, 0.2) is 0 Å². The Morgan fingerprint density at radius 1 is 1.04 bits per heavy atom. The lowest BCUT2D eigenvalue weighted by atomic mass is 10.1. The highest BCUT2D eigenvalue weighted by Gasteiger charge is 2.20. The van der Waals surface area contributed by atoms with Gasteiger partial charge in [-0.05, 0) is 85.1 Å². The Balaban J connectivity index is 1.93. The normalized spacial score (nSPS) is 11.6. The highest BCUT2D eigenvalue weighted by molar-refractivity contribution is 7.08. The molecule has 28 heavy (non-hydrogen) atoms. The number of carbonyl (C=O) groups excluding carboxylic acids is 1. The highest BCUT2D eigenvalue weighted by Crippen LogP contribution is 2.26. The molecule has 3 nitrogen and oxygen atoms in total. The van der Waals surface area contributed by atoms with Crippen LogP contribution < -0.4 is 5.32 Å². The van der Waals surface area contributed by atoms with Crippen LogP contribution in [0.1, 0.15) is 42.3 Å². The van der Waals surface area contributed by atoms with E-state index in [9.17, 15) is 9.18 Å². The molecule has 0 unspecified atom stereocenters. The smallest absolute Gasteiger partial charge is 0.340 e. The fourth-order valence-electron chi connectivity index (χ4n) is 2.53. The Hall–Kier alpha value is -2.92. The second kappa shape index (κ2) is 8.40. The van der Waals surface area contributed by atoms with Gasteiger partial charge in [0.1, 0.15) is 11.4 Å². The van der Waals surface area contributed by atoms with Crippen LogP contribution in [0.25, 0.3) is 12.2 Å². The van der Waals surface area contributed by atoms with Crippen LogP contribution in [0.2, 0.25) is 0 Å². The molecule has 0 saturated heterocycles. The minimum atomic E-state index is -0.595. The van der Waals surface area contributed by atoms with Gasteiger partial charge >= 0.3 is 5.97 Å². The third kappa shape index (κ3) is 5.54. The average Bonchev–Trinajstić information content (AvgIpc) is 3.14. The van der Waals surface area contributed by atoms with E-state index in [4.69, 9.17) is 4.74 Å². The number of anilines is 2. The van der Waals surface area contributed by atoms with Gasteiger partial charge in [-0.25, -0.2) is 9.18 Å². The first-order valence-corrected chi connectivity index (χ1v) is 9.85. The summed E-state index contributed by atoms with van der Waals surface area (Å²) in [5, 5.41) is 7.28. The molecule has 1 N–H and O–H groups in total. The molecule has 3 aromatic rings. The van der Waals surface area contributed by atoms with Crippen LogP contribution in [0.15, 0.2) is 59.3 Å². The molecule has 3 rings (SSSR count). The second-order valence-electron chi connectivity index (χ2n) is 7.33. The predicted octanol–water partition coefficient (Wildman–Crippen LogP) is 6.76. The Kier molecular flexibility index (Phi) is 5.95. The first-order chi connectivity index (χ1) is 13.3. The average molecular weight is 395 g/mol. The van der Waals surface area contributed by atoms with Gasteiger partial charge in [0.05, 0.1) is 11.3 Å². The Bertz CT molecular complexity index is 971. The molecule has 0 amide bonds. The van der Waals surface area contributed by atoms with Gasteiger partial charge in [0, 0.05) is 5.69 Å². The number of nitrogens with one attached hydrogen (secondary N) is 1. The molecule has 0 aliphatic heterocycles. The van der Waals surface area contributed by atoms with Crippen LogP contribution in [-0.4, -0.2) is 11.6 Å². The number of ether oxygens (including phenoxy) is 1. The molecule has 1 aromatic heterocycles. The molecule has 0 aliphatic rings. The molecule has 1 heterocycles. The van der Waals surface area contributed by atoms with Crippen molar-refractivity contribution in [2.24, 2.45) is 0 Å². The Labute approximate surface area is 168 Å². The van der Waals surface area contributed by atoms with Crippen molar-refractivity contribution in [3.63, 3.8) is 0 Å². The predicted molar refractivity (Wildman–Crippen MR) is 115 cm³/mol. The number of hydrogen-bond donors (Lipinski definition) is 1. The third-order valence-electron chi connectivity index (χ3n) is 3.80. The van der Waals surface area contributed by atoms with Crippen LogP contribution >= 0.6 is 11.3 Å². The summed E-state index contributed by atoms with van der Waals surface area (Å²) in [6, 6.07) is 13.5. The fourth-order valence-corrected chi connectivity index (χ4v) is 3.16. The lowest BCUT2D eigenvalue weighted by Crippen LogP contribution is -2.24. The summed E-state index contributed by atoms with van der Waals surface area (Å²) < 4.78 is 18.7. The zero-order valence-electron chi connectivity index (χ0n) is 16.0. The highest BCUT2D eigenvalue weighted by atomic mass is 32.1. The Morgan fingerprint density at radius 3 is 2.39 bits per heavy atom. The van der Waals surface area contributed by atoms with Crippen LogP contribution in [0.4, 0.5) is 15.8 Å². The van der Waals surface area contributed by atoms with Gasteiger partial charge in [-0.1, -0.05) is 18.2 Å². The second-order valence-corrected chi connectivity index (χ2v) is 8.11. The summed E-state index contributed by atoms with van der Waals surface area (Å²) in [4.78, 5) is 12.6. The van der Waals surface area contributed by atoms with E-state index >= 15 is 0 Å². The third-order valence-corrected chi connectivity index (χ3v) is 4.50. The number of rotatable bonds is 5. The van der Waals surface area contributed by atoms with Crippen LogP contribution in [0.5, 0.6) is 0 Å². The van der Waals surface area contributed by atoms with Crippen molar-refractivity contribution >= 4 is 40.8 Å². The summed E-state index contributed by atoms with van der Waals surface area (Å²) in [5.41, 5.74) is 3.17. The number of thiophene rings is 1. The number of esters is 1. The minimum absolute atomic E-state index is 0.314.